The maximum atomic E-state index is 5.38. The van der Waals surface area contributed by atoms with Crippen molar-refractivity contribution in [2.75, 3.05) is 39.6 Å². The maximum absolute atomic E-state index is 5.38. The summed E-state index contributed by atoms with van der Waals surface area (Å²) in [7, 11) is 0. The van der Waals surface area contributed by atoms with Gasteiger partial charge in [0.2, 0.25) is 0 Å². The fraction of sp³-hybridized carbons (Fsp3) is 0.625. The van der Waals surface area contributed by atoms with Crippen molar-refractivity contribution >= 4 is 22.7 Å². The number of hydrogen-bond donors (Lipinski definition) is 0. The Morgan fingerprint density at radius 1 is 0.382 bits per heavy atom. The van der Waals surface area contributed by atoms with Gasteiger partial charge in [-0.3, -0.25) is 0 Å². The van der Waals surface area contributed by atoms with Gasteiger partial charge in [-0.15, -0.1) is 11.4 Å². The van der Waals surface area contributed by atoms with E-state index in [0.717, 1.165) is 62.4 Å². The molecule has 6 rings (SSSR count). The fourth-order valence-electron chi connectivity index (χ4n) is 6.52. The first-order chi connectivity index (χ1) is 25.3. The van der Waals surface area contributed by atoms with Gasteiger partial charge >= 0.3 is 103 Å². The van der Waals surface area contributed by atoms with Gasteiger partial charge in [-0.1, -0.05) is 154 Å². The molecule has 0 saturated carbocycles. The molecule has 3 heterocycles. The molecule has 0 bridgehead atoms. The van der Waals surface area contributed by atoms with Gasteiger partial charge in [-0.2, -0.15) is 11.4 Å². The summed E-state index contributed by atoms with van der Waals surface area (Å²) in [5, 5.41) is 10.8. The van der Waals surface area contributed by atoms with E-state index < -0.39 is 0 Å². The second kappa shape index (κ2) is 28.8. The van der Waals surface area contributed by atoms with Crippen LogP contribution in [0.25, 0.3) is 10.6 Å². The van der Waals surface area contributed by atoms with Crippen molar-refractivity contribution < 1.29 is 117 Å². The van der Waals surface area contributed by atoms with Gasteiger partial charge in [-0.05, 0) is 85.2 Å². The number of para-hydroxylation sites is 2. The zero-order valence-electron chi connectivity index (χ0n) is 37.7. The maximum Gasteiger partial charge on any atom is 1.00 e. The molecule has 0 amide bonds. The Balaban J connectivity index is 0.000000730. The van der Waals surface area contributed by atoms with Crippen LogP contribution in [0.5, 0.6) is 0 Å². The van der Waals surface area contributed by atoms with Gasteiger partial charge in [0.05, 0.1) is 0 Å². The molecule has 3 fully saturated rings. The molecule has 3 aromatic carbocycles. The molecule has 0 N–H and O–H groups in total. The zero-order valence-corrected chi connectivity index (χ0v) is 43.9. The van der Waals surface area contributed by atoms with E-state index in [9.17, 15) is 0 Å². The van der Waals surface area contributed by atoms with E-state index >= 15 is 0 Å². The third-order valence-electron chi connectivity index (χ3n) is 10.0. The number of rotatable bonds is 10. The number of hydrogen-bond acceptors (Lipinski definition) is 3. The van der Waals surface area contributed by atoms with Gasteiger partial charge in [0.15, 0.2) is 0 Å². The summed E-state index contributed by atoms with van der Waals surface area (Å²) >= 11 is 0. The Bertz CT molecular complexity index is 1290. The van der Waals surface area contributed by atoms with Gasteiger partial charge in [0, 0.05) is 39.6 Å². The Labute approximate surface area is 423 Å². The molecule has 0 unspecified atom stereocenters. The average molecular weight is 805 g/mol. The smallest absolute Gasteiger partial charge is 0.658 e. The molecule has 55 heavy (non-hydrogen) atoms. The van der Waals surface area contributed by atoms with Crippen LogP contribution in [0.4, 0.5) is 22.7 Å². The topological polar surface area (TPSA) is 55.9 Å². The Morgan fingerprint density at radius 2 is 0.618 bits per heavy atom. The quantitative estimate of drug-likeness (QED) is 0.192. The molecule has 0 aliphatic carbocycles. The van der Waals surface area contributed by atoms with Crippen LogP contribution in [0.15, 0.2) is 48.5 Å². The molecule has 3 aliphatic rings. The summed E-state index contributed by atoms with van der Waals surface area (Å²) in [6, 6.07) is 17.9. The van der Waals surface area contributed by atoms with Crippen LogP contribution in [-0.2, 0) is 14.2 Å². The van der Waals surface area contributed by atoms with Gasteiger partial charge in [0.1, 0.15) is 0 Å². The molecule has 0 spiro atoms. The van der Waals surface area contributed by atoms with Crippen LogP contribution in [0.2, 0.25) is 0 Å². The van der Waals surface area contributed by atoms with Gasteiger partial charge in [0.25, 0.3) is 0 Å². The molecule has 3 aliphatic heterocycles. The van der Waals surface area contributed by atoms with Crippen LogP contribution >= 0.6 is 0 Å². The van der Waals surface area contributed by atoms with Crippen molar-refractivity contribution in [1.82, 2.24) is 0 Å². The Kier molecular flexibility index (Phi) is 28.0. The van der Waals surface area contributed by atoms with Crippen molar-refractivity contribution in [3.8, 4) is 0 Å². The summed E-state index contributed by atoms with van der Waals surface area (Å²) in [4.78, 5) is 0. The van der Waals surface area contributed by atoms with Crippen molar-refractivity contribution in [3.05, 3.63) is 92.5 Å². The van der Waals surface area contributed by atoms with E-state index in [0.29, 0.717) is 35.5 Å². The van der Waals surface area contributed by atoms with Crippen molar-refractivity contribution in [2.24, 2.45) is 0 Å². The van der Waals surface area contributed by atoms with E-state index in [1.165, 1.54) is 71.9 Å². The monoisotopic (exact) mass is 804 g/mol. The second-order valence-corrected chi connectivity index (χ2v) is 16.7. The summed E-state index contributed by atoms with van der Waals surface area (Å²) in [6.45, 7) is 33.3. The summed E-state index contributed by atoms with van der Waals surface area (Å²) in [5.41, 5.74) is 12.2. The average Bonchev–Trinajstić information content (AvgIpc) is 3.96. The molecular formula is C48H74K2N2O3. The second-order valence-electron chi connectivity index (χ2n) is 16.7. The van der Waals surface area contributed by atoms with E-state index in [4.69, 9.17) is 24.8 Å². The van der Waals surface area contributed by atoms with Crippen molar-refractivity contribution in [2.45, 2.75) is 157 Å². The standard InChI is InChI=1S/C36H50N2.3C4H8O.2K/c1-21(2)27-17-29(23(5)6)35(30(18-27)24(7)8)37-33-15-13-14-16-34(33)38-36-31(25(9)10)19-28(22(3)4)20-32(36)26(11)12;3*1-2-4-5-3-1;;/h13-26H,1-12H3;3*1-4H2;;/q-2;;;;2*+1. The summed E-state index contributed by atoms with van der Waals surface area (Å²) < 4.78 is 14.8. The molecule has 5 nitrogen and oxygen atoms in total. The molecule has 3 aromatic rings. The Morgan fingerprint density at radius 3 is 0.782 bits per heavy atom. The minimum Gasteiger partial charge on any atom is -0.658 e. The first kappa shape index (κ1) is 53.4. The van der Waals surface area contributed by atoms with E-state index in [-0.39, 0.29) is 103 Å². The molecule has 0 radical (unpaired) electrons. The predicted octanol–water partition coefficient (Wildman–Crippen LogP) is 9.50. The Hall–Kier alpha value is 0.413. The first-order valence-corrected chi connectivity index (χ1v) is 20.9. The largest absolute Gasteiger partial charge is 1.00 e. The van der Waals surface area contributed by atoms with E-state index in [1.54, 1.807) is 0 Å². The summed E-state index contributed by atoms with van der Waals surface area (Å²) in [6.07, 6.45) is 7.67. The van der Waals surface area contributed by atoms with Gasteiger partial charge < -0.3 is 24.8 Å². The molecule has 3 saturated heterocycles. The van der Waals surface area contributed by atoms with Crippen LogP contribution in [-0.4, -0.2) is 39.6 Å². The molecular weight excluding hydrogens is 731 g/mol. The predicted molar refractivity (Wildman–Crippen MR) is 229 cm³/mol. The van der Waals surface area contributed by atoms with Crippen LogP contribution in [0, 0.1) is 0 Å². The normalized spacial score (nSPS) is 14.9. The summed E-state index contributed by atoms with van der Waals surface area (Å²) in [5.74, 6) is 2.52. The number of ether oxygens (including phenoxy) is 3. The number of nitrogens with zero attached hydrogens (tertiary/aromatic N) is 2. The molecule has 7 heteroatoms. The van der Waals surface area contributed by atoms with E-state index in [2.05, 4.69) is 132 Å². The molecule has 296 valence electrons. The first-order valence-electron chi connectivity index (χ1n) is 20.9. The third-order valence-corrected chi connectivity index (χ3v) is 10.0. The fourth-order valence-corrected chi connectivity index (χ4v) is 6.52. The van der Waals surface area contributed by atoms with Crippen LogP contribution in [0.3, 0.4) is 0 Å². The number of benzene rings is 3. The molecule has 0 aromatic heterocycles. The SMILES string of the molecule is C1CCOC1.C1CCOC1.C1CCOC1.CC(C)c1cc(C(C)C)c([N-]c2ccccc2[N-]c2c(C(C)C)cc(C(C)C)cc2C(C)C)c(C(C)C)c1.[K+].[K+]. The van der Waals surface area contributed by atoms with Crippen LogP contribution in [0.1, 0.15) is 190 Å². The van der Waals surface area contributed by atoms with Crippen LogP contribution < -0.4 is 103 Å². The van der Waals surface area contributed by atoms with Crippen molar-refractivity contribution in [1.29, 1.82) is 0 Å². The third kappa shape index (κ3) is 18.3. The van der Waals surface area contributed by atoms with Crippen molar-refractivity contribution in [3.63, 3.8) is 0 Å². The van der Waals surface area contributed by atoms with E-state index in [1.807, 2.05) is 0 Å². The van der Waals surface area contributed by atoms with Gasteiger partial charge in [-0.25, -0.2) is 0 Å². The zero-order chi connectivity index (χ0) is 38.9. The minimum atomic E-state index is 0. The molecule has 0 atom stereocenters. The minimum absolute atomic E-state index is 0.